The number of nitrogens with one attached hydrogen (secondary N) is 5. The number of hydrogen-bond donors (Lipinski definition) is 5. The summed E-state index contributed by atoms with van der Waals surface area (Å²) >= 11 is 1.92. The summed E-state index contributed by atoms with van der Waals surface area (Å²) in [5.74, 6) is 2.24. The number of thioether (sulfide) groups is 1. The molecular formula is C42H67N7O4S. The monoisotopic (exact) mass is 765 g/mol. The number of nitrogens with zero attached hydrogens (tertiary/aromatic N) is 2. The molecule has 6 rings (SSSR count). The quantitative estimate of drug-likeness (QED) is 0.0841. The van der Waals surface area contributed by atoms with Crippen LogP contribution in [0, 0.1) is 11.8 Å². The number of aryl methyl sites for hydroxylation is 2. The summed E-state index contributed by atoms with van der Waals surface area (Å²) in [6.07, 6.45) is 16.1. The third kappa shape index (κ3) is 10.4. The van der Waals surface area contributed by atoms with E-state index in [0.717, 1.165) is 88.6 Å². The molecule has 6 amide bonds. The van der Waals surface area contributed by atoms with E-state index in [1.54, 1.807) is 0 Å². The fraction of sp³-hybridized carbons (Fsp3) is 0.762. The van der Waals surface area contributed by atoms with Crippen LogP contribution >= 0.6 is 11.8 Å². The number of unbranched alkanes of at least 4 members (excludes halogenated alkanes) is 4. The van der Waals surface area contributed by atoms with Crippen LogP contribution in [0.1, 0.15) is 121 Å². The lowest BCUT2D eigenvalue weighted by atomic mass is 9.69. The van der Waals surface area contributed by atoms with Crippen LogP contribution in [0.4, 0.5) is 15.3 Å². The van der Waals surface area contributed by atoms with Crippen molar-refractivity contribution in [1.82, 2.24) is 31.1 Å². The number of rotatable bonds is 19. The summed E-state index contributed by atoms with van der Waals surface area (Å²) in [6, 6.07) is 7.69. The zero-order chi connectivity index (χ0) is 37.9. The van der Waals surface area contributed by atoms with Crippen molar-refractivity contribution in [3.63, 3.8) is 0 Å². The van der Waals surface area contributed by atoms with Crippen molar-refractivity contribution in [3.05, 3.63) is 29.3 Å². The molecule has 1 unspecified atom stereocenters. The van der Waals surface area contributed by atoms with Crippen molar-refractivity contribution in [2.75, 3.05) is 43.8 Å². The summed E-state index contributed by atoms with van der Waals surface area (Å²) in [7, 11) is 0. The van der Waals surface area contributed by atoms with Crippen molar-refractivity contribution in [1.29, 1.82) is 0 Å². The van der Waals surface area contributed by atoms with E-state index in [1.165, 1.54) is 49.9 Å². The first-order chi connectivity index (χ1) is 26.4. The summed E-state index contributed by atoms with van der Waals surface area (Å²) in [6.45, 7) is 8.88. The van der Waals surface area contributed by atoms with Gasteiger partial charge in [-0.2, -0.15) is 11.8 Å². The van der Waals surface area contributed by atoms with Gasteiger partial charge < -0.3 is 31.5 Å². The molecule has 5 aliphatic heterocycles. The molecule has 54 heavy (non-hydrogen) atoms. The minimum absolute atomic E-state index is 0.0519. The van der Waals surface area contributed by atoms with Gasteiger partial charge in [0.2, 0.25) is 11.8 Å². The number of carbonyl (C=O) groups is 4. The molecular weight excluding hydrogens is 699 g/mol. The highest BCUT2D eigenvalue weighted by Crippen LogP contribution is 2.43. The van der Waals surface area contributed by atoms with Crippen LogP contribution in [0.15, 0.2) is 18.2 Å². The predicted octanol–water partition coefficient (Wildman–Crippen LogP) is 6.21. The molecule has 300 valence electrons. The Labute approximate surface area is 328 Å². The third-order valence-electron chi connectivity index (χ3n) is 12.9. The standard InChI is InChI=1S/C42H67N7O4S/c1-3-29-15-12-16-30(4-2)38(29)47-42(53)49-27-31-17-13-25-48-26-14-18-32(40(31)48)34(49)19-9-11-24-44-36(50)21-6-5-10-23-43-37(51)22-8-7-20-35-39-33(28-54-35)45-41(52)46-39/h12,15-16,31-35,39-40H,3-11,13-14,17-28H2,1-2H3,(H,43,51)(H,44,50)(H,47,53)(H2,45,46,52)/t31-,32+,33+,34?,35+,39+,40-/m0/s1. The first-order valence-electron chi connectivity index (χ1n) is 21.5. The van der Waals surface area contributed by atoms with Crippen LogP contribution in [0.2, 0.25) is 0 Å². The molecule has 11 nitrogen and oxygen atoms in total. The van der Waals surface area contributed by atoms with Crippen LogP contribution < -0.4 is 26.6 Å². The maximum Gasteiger partial charge on any atom is 0.322 e. The molecule has 0 radical (unpaired) electrons. The van der Waals surface area contributed by atoms with Gasteiger partial charge in [0.25, 0.3) is 0 Å². The second kappa shape index (κ2) is 20.3. The average Bonchev–Trinajstić information content (AvgIpc) is 3.74. The fourth-order valence-corrected chi connectivity index (χ4v) is 11.7. The maximum atomic E-state index is 14.2. The number of urea groups is 2. The number of amides is 6. The molecule has 0 aliphatic carbocycles. The first-order valence-corrected chi connectivity index (χ1v) is 22.6. The van der Waals surface area contributed by atoms with Gasteiger partial charge in [0, 0.05) is 61.2 Å². The fourth-order valence-electron chi connectivity index (χ4n) is 10.2. The van der Waals surface area contributed by atoms with Gasteiger partial charge in [0.1, 0.15) is 0 Å². The Balaban J connectivity index is 0.860. The molecule has 5 fully saturated rings. The molecule has 0 aromatic heterocycles. The van der Waals surface area contributed by atoms with Gasteiger partial charge in [-0.15, -0.1) is 0 Å². The number of para-hydroxylation sites is 1. The van der Waals surface area contributed by atoms with Crippen LogP contribution in [0.3, 0.4) is 0 Å². The number of benzene rings is 1. The molecule has 0 saturated carbocycles. The normalized spacial score (nSPS) is 27.4. The number of piperidine rings is 3. The molecule has 5 saturated heterocycles. The molecule has 5 aliphatic rings. The van der Waals surface area contributed by atoms with Gasteiger partial charge in [0.05, 0.1) is 12.1 Å². The Morgan fingerprint density at radius 3 is 2.22 bits per heavy atom. The van der Waals surface area contributed by atoms with E-state index in [0.29, 0.717) is 49.1 Å². The second-order valence-corrected chi connectivity index (χ2v) is 17.7. The molecule has 7 atom stereocenters. The van der Waals surface area contributed by atoms with E-state index in [2.05, 4.69) is 68.4 Å². The van der Waals surface area contributed by atoms with Crippen LogP contribution in [-0.2, 0) is 22.4 Å². The molecule has 0 spiro atoms. The van der Waals surface area contributed by atoms with Crippen molar-refractivity contribution in [2.24, 2.45) is 11.8 Å². The van der Waals surface area contributed by atoms with Gasteiger partial charge >= 0.3 is 12.1 Å². The van der Waals surface area contributed by atoms with Crippen LogP contribution in [-0.4, -0.2) is 102 Å². The van der Waals surface area contributed by atoms with Crippen LogP contribution in [0.25, 0.3) is 0 Å². The van der Waals surface area contributed by atoms with Crippen molar-refractivity contribution in [3.8, 4) is 0 Å². The van der Waals surface area contributed by atoms with Gasteiger partial charge in [-0.05, 0) is 120 Å². The highest BCUT2D eigenvalue weighted by molar-refractivity contribution is 8.00. The van der Waals surface area contributed by atoms with Crippen molar-refractivity contribution in [2.45, 2.75) is 152 Å². The number of hydrogen-bond acceptors (Lipinski definition) is 6. The molecule has 1 aromatic carbocycles. The SMILES string of the molecule is CCc1cccc(CC)c1NC(=O)N1C[C@@H]2CCCN3CCC[C@H](C1CCCCNC(=O)CCCCCNC(=O)CCCC[C@H]1SC[C@H]4NC(=O)N[C@H]41)[C@H]23. The Morgan fingerprint density at radius 1 is 0.833 bits per heavy atom. The summed E-state index contributed by atoms with van der Waals surface area (Å²) < 4.78 is 0. The number of carbonyl (C=O) groups excluding carboxylic acids is 4. The summed E-state index contributed by atoms with van der Waals surface area (Å²) in [4.78, 5) is 55.6. The van der Waals surface area contributed by atoms with E-state index >= 15 is 0 Å². The van der Waals surface area contributed by atoms with Gasteiger partial charge in [0.15, 0.2) is 0 Å². The van der Waals surface area contributed by atoms with E-state index in [1.807, 2.05) is 11.8 Å². The molecule has 0 bridgehead atoms. The Kier molecular flexibility index (Phi) is 15.3. The highest BCUT2D eigenvalue weighted by Gasteiger charge is 2.49. The van der Waals surface area contributed by atoms with E-state index in [4.69, 9.17) is 0 Å². The van der Waals surface area contributed by atoms with Gasteiger partial charge in [-0.25, -0.2) is 9.59 Å². The van der Waals surface area contributed by atoms with E-state index in [-0.39, 0.29) is 42.0 Å². The zero-order valence-electron chi connectivity index (χ0n) is 33.0. The van der Waals surface area contributed by atoms with E-state index in [9.17, 15) is 19.2 Å². The minimum atomic E-state index is -0.0519. The largest absolute Gasteiger partial charge is 0.356 e. The lowest BCUT2D eigenvalue weighted by Gasteiger charge is -2.57. The lowest BCUT2D eigenvalue weighted by Crippen LogP contribution is -2.66. The minimum Gasteiger partial charge on any atom is -0.356 e. The Morgan fingerprint density at radius 2 is 1.50 bits per heavy atom. The molecule has 1 aromatic rings. The Hall–Kier alpha value is -2.99. The number of anilines is 1. The number of likely N-dealkylation sites (tertiary alicyclic amines) is 1. The van der Waals surface area contributed by atoms with Gasteiger partial charge in [-0.1, -0.05) is 44.9 Å². The van der Waals surface area contributed by atoms with Gasteiger partial charge in [-0.3, -0.25) is 14.5 Å². The molecule has 5 N–H and O–H groups in total. The smallest absolute Gasteiger partial charge is 0.322 e. The third-order valence-corrected chi connectivity index (χ3v) is 14.4. The highest BCUT2D eigenvalue weighted by atomic mass is 32.2. The van der Waals surface area contributed by atoms with Crippen LogP contribution in [0.5, 0.6) is 0 Å². The first kappa shape index (κ1) is 40.7. The topological polar surface area (TPSA) is 135 Å². The number of fused-ring (bicyclic) bond motifs is 1. The predicted molar refractivity (Wildman–Crippen MR) is 218 cm³/mol. The lowest BCUT2D eigenvalue weighted by molar-refractivity contribution is -0.122. The van der Waals surface area contributed by atoms with Crippen molar-refractivity contribution >= 4 is 41.3 Å². The Bertz CT molecular complexity index is 1400. The summed E-state index contributed by atoms with van der Waals surface area (Å²) in [5.41, 5.74) is 3.41. The second-order valence-electron chi connectivity index (χ2n) is 16.4. The molecule has 12 heteroatoms. The average molecular weight is 766 g/mol. The van der Waals surface area contributed by atoms with E-state index < -0.39 is 0 Å². The summed E-state index contributed by atoms with van der Waals surface area (Å²) in [5, 5.41) is 16.0. The maximum absolute atomic E-state index is 14.2. The zero-order valence-corrected chi connectivity index (χ0v) is 33.8. The molecule has 5 heterocycles. The van der Waals surface area contributed by atoms with Crippen molar-refractivity contribution < 1.29 is 19.2 Å².